The van der Waals surface area contributed by atoms with Gasteiger partial charge in [-0.3, -0.25) is 9.13 Å². The van der Waals surface area contributed by atoms with Gasteiger partial charge in [0.05, 0.1) is 33.2 Å². The van der Waals surface area contributed by atoms with Crippen molar-refractivity contribution < 1.29 is 17.1 Å². The van der Waals surface area contributed by atoms with Gasteiger partial charge in [-0.15, -0.1) is 0 Å². The van der Waals surface area contributed by atoms with E-state index in [0.717, 1.165) is 14.3 Å². The van der Waals surface area contributed by atoms with E-state index in [1.54, 1.807) is 18.2 Å². The second-order valence-electron chi connectivity index (χ2n) is 10.0. The Morgan fingerprint density at radius 2 is 1.89 bits per heavy atom. The van der Waals surface area contributed by atoms with Crippen LogP contribution in [0, 0.1) is 0 Å². The molecule has 1 aromatic carbocycles. The van der Waals surface area contributed by atoms with Gasteiger partial charge in [0.2, 0.25) is 0 Å². The summed E-state index contributed by atoms with van der Waals surface area (Å²) in [6.45, 7) is 2.77. The van der Waals surface area contributed by atoms with E-state index in [9.17, 15) is 17.8 Å². The molecule has 1 aliphatic carbocycles. The van der Waals surface area contributed by atoms with Crippen molar-refractivity contribution in [2.45, 2.75) is 62.1 Å². The van der Waals surface area contributed by atoms with Crippen LogP contribution >= 0.6 is 15.9 Å². The molecule has 0 saturated heterocycles. The van der Waals surface area contributed by atoms with Gasteiger partial charge < -0.3 is 4.55 Å². The van der Waals surface area contributed by atoms with E-state index >= 15 is 0 Å². The number of aryl methyl sites for hydroxylation is 1. The first-order chi connectivity index (χ1) is 18.6. The van der Waals surface area contributed by atoms with E-state index in [1.807, 2.05) is 20.8 Å². The standard InChI is InChI=1S/C25H28BrN5O4S2/c1-25(2,3)36(33)28-16-10-12-17(13-11-16)31-22-20(29(4)24(31)32)14-27-23-21(22)19(26)15-30(23)37(34,35)18-8-6-5-7-9-18/h5-9,14-15,17H,10-13H2,1-4H3/i4D3. The number of halogens is 1. The largest absolute Gasteiger partial charge is 0.591 e. The van der Waals surface area contributed by atoms with Gasteiger partial charge in [0.25, 0.3) is 10.0 Å². The van der Waals surface area contributed by atoms with Gasteiger partial charge in [-0.25, -0.2) is 22.2 Å². The minimum Gasteiger partial charge on any atom is -0.591 e. The molecule has 1 unspecified atom stereocenters. The van der Waals surface area contributed by atoms with Crippen molar-refractivity contribution in [2.24, 2.45) is 11.4 Å². The van der Waals surface area contributed by atoms with Crippen LogP contribution in [0.2, 0.25) is 0 Å². The number of aromatic nitrogens is 4. The Morgan fingerprint density at radius 1 is 1.22 bits per heavy atom. The smallest absolute Gasteiger partial charge is 0.329 e. The first-order valence-corrected chi connectivity index (χ1v) is 15.1. The van der Waals surface area contributed by atoms with Crippen molar-refractivity contribution in [1.82, 2.24) is 18.1 Å². The Kier molecular flexibility index (Phi) is 5.74. The van der Waals surface area contributed by atoms with Gasteiger partial charge in [-0.1, -0.05) is 22.6 Å². The summed E-state index contributed by atoms with van der Waals surface area (Å²) >= 11 is 2.06. The summed E-state index contributed by atoms with van der Waals surface area (Å²) < 4.78 is 71.2. The third-order valence-corrected chi connectivity index (χ3v) is 10.2. The molecule has 3 heterocycles. The second-order valence-corrected chi connectivity index (χ2v) is 14.6. The van der Waals surface area contributed by atoms with Crippen molar-refractivity contribution >= 4 is 65.1 Å². The molecule has 0 radical (unpaired) electrons. The summed E-state index contributed by atoms with van der Waals surface area (Å²) in [6, 6.07) is 7.51. The number of fused-ring (bicyclic) bond motifs is 3. The first kappa shape index (κ1) is 22.6. The molecule has 5 rings (SSSR count). The van der Waals surface area contributed by atoms with E-state index in [1.165, 1.54) is 29.1 Å². The molecule has 0 amide bonds. The average Bonchev–Trinajstić information content (AvgIpc) is 3.38. The third kappa shape index (κ3) is 4.47. The van der Waals surface area contributed by atoms with Gasteiger partial charge >= 0.3 is 5.69 Å². The van der Waals surface area contributed by atoms with E-state index in [0.29, 0.717) is 41.1 Å². The lowest BCUT2D eigenvalue weighted by molar-refractivity contribution is 0.424. The number of rotatable bonds is 4. The number of hydrogen-bond acceptors (Lipinski definition) is 6. The molecule has 0 bridgehead atoms. The SMILES string of the molecule is [2H]C([2H])([2H])n1c(=O)n(C2CCC(=N[S+]([O-])C(C)(C)C)CC2)c2c3c(Br)cn(S(=O)(=O)c4ccccc4)c3ncc21. The molecule has 12 heteroatoms. The molecule has 4 aromatic rings. The van der Waals surface area contributed by atoms with Crippen LogP contribution in [0.25, 0.3) is 22.1 Å². The van der Waals surface area contributed by atoms with E-state index < -0.39 is 38.8 Å². The van der Waals surface area contributed by atoms with Crippen LogP contribution in [0.1, 0.15) is 56.6 Å². The lowest BCUT2D eigenvalue weighted by Gasteiger charge is -2.25. The van der Waals surface area contributed by atoms with E-state index in [2.05, 4.69) is 25.3 Å². The predicted molar refractivity (Wildman–Crippen MR) is 150 cm³/mol. The molecule has 1 fully saturated rings. The normalized spacial score (nSPS) is 19.5. The summed E-state index contributed by atoms with van der Waals surface area (Å²) in [5.41, 5.74) is 0.520. The number of nitrogens with zero attached hydrogens (tertiary/aromatic N) is 5. The average molecular weight is 610 g/mol. The fraction of sp³-hybridized carbons (Fsp3) is 0.400. The highest BCUT2D eigenvalue weighted by Crippen LogP contribution is 2.37. The van der Waals surface area contributed by atoms with Gasteiger partial charge in [0, 0.05) is 27.8 Å². The molecule has 1 saturated carbocycles. The Bertz CT molecular complexity index is 1800. The molecule has 0 spiro atoms. The van der Waals surface area contributed by atoms with Crippen LogP contribution in [0.15, 0.2) is 61.3 Å². The maximum Gasteiger partial charge on any atom is 0.329 e. The van der Waals surface area contributed by atoms with Crippen LogP contribution in [0.4, 0.5) is 0 Å². The zero-order chi connectivity index (χ0) is 29.2. The molecule has 0 N–H and O–H groups in total. The highest BCUT2D eigenvalue weighted by atomic mass is 79.9. The molecular weight excluding hydrogens is 578 g/mol. The Morgan fingerprint density at radius 3 is 2.51 bits per heavy atom. The first-order valence-electron chi connectivity index (χ1n) is 13.2. The summed E-state index contributed by atoms with van der Waals surface area (Å²) in [5.74, 6) is 0. The minimum atomic E-state index is -4.04. The zero-order valence-electron chi connectivity index (χ0n) is 23.5. The van der Waals surface area contributed by atoms with Crippen molar-refractivity contribution in [3.63, 3.8) is 0 Å². The fourth-order valence-corrected chi connectivity index (χ4v) is 7.31. The molecule has 196 valence electrons. The lowest BCUT2D eigenvalue weighted by atomic mass is 9.93. The van der Waals surface area contributed by atoms with Crippen molar-refractivity contribution in [1.29, 1.82) is 0 Å². The van der Waals surface area contributed by atoms with Crippen LogP contribution in [0.3, 0.4) is 0 Å². The van der Waals surface area contributed by atoms with Crippen LogP contribution in [-0.2, 0) is 28.4 Å². The zero-order valence-corrected chi connectivity index (χ0v) is 23.7. The van der Waals surface area contributed by atoms with Gasteiger partial charge in [-0.05, 0) is 74.5 Å². The Labute approximate surface area is 230 Å². The Hall–Kier alpha value is -2.41. The number of hydrogen-bond donors (Lipinski definition) is 0. The van der Waals surface area contributed by atoms with Crippen molar-refractivity contribution in [2.75, 3.05) is 0 Å². The number of pyridine rings is 1. The quantitative estimate of drug-likeness (QED) is 0.311. The summed E-state index contributed by atoms with van der Waals surface area (Å²) in [6.07, 6.45) is 4.56. The van der Waals surface area contributed by atoms with Gasteiger partial charge in [0.15, 0.2) is 5.65 Å². The van der Waals surface area contributed by atoms with Crippen LogP contribution in [0.5, 0.6) is 0 Å². The highest BCUT2D eigenvalue weighted by Gasteiger charge is 2.31. The maximum atomic E-state index is 13.7. The second kappa shape index (κ2) is 9.40. The molecule has 37 heavy (non-hydrogen) atoms. The molecule has 9 nitrogen and oxygen atoms in total. The topological polar surface area (TPSA) is 114 Å². The molecule has 1 atom stereocenters. The highest BCUT2D eigenvalue weighted by molar-refractivity contribution is 9.10. The monoisotopic (exact) mass is 608 g/mol. The van der Waals surface area contributed by atoms with E-state index in [4.69, 9.17) is 4.11 Å². The third-order valence-electron chi connectivity index (χ3n) is 6.50. The lowest BCUT2D eigenvalue weighted by Crippen LogP contribution is -2.30. The molecule has 3 aromatic heterocycles. The molecule has 0 aliphatic heterocycles. The summed E-state index contributed by atoms with van der Waals surface area (Å²) in [5, 5.41) is 0.324. The minimum absolute atomic E-state index is 0.0606. The Balaban J connectivity index is 1.70. The summed E-state index contributed by atoms with van der Waals surface area (Å²) in [7, 11) is -4.04. The van der Waals surface area contributed by atoms with Crippen LogP contribution in [-0.4, -0.2) is 41.5 Å². The predicted octanol–water partition coefficient (Wildman–Crippen LogP) is 4.71. The number of benzene rings is 1. The number of imidazole rings is 1. The molecular formula is C25H28BrN5O4S2. The van der Waals surface area contributed by atoms with Gasteiger partial charge in [-0.2, -0.15) is 0 Å². The molecule has 1 aliphatic rings. The summed E-state index contributed by atoms with van der Waals surface area (Å²) in [4.78, 5) is 18.1. The van der Waals surface area contributed by atoms with Crippen LogP contribution < -0.4 is 5.69 Å². The van der Waals surface area contributed by atoms with Crippen molar-refractivity contribution in [3.8, 4) is 0 Å². The maximum absolute atomic E-state index is 13.7. The van der Waals surface area contributed by atoms with E-state index in [-0.39, 0.29) is 22.1 Å². The van der Waals surface area contributed by atoms with Gasteiger partial charge in [0.1, 0.15) is 16.1 Å². The fourth-order valence-electron chi connectivity index (χ4n) is 4.58. The van der Waals surface area contributed by atoms with Crippen molar-refractivity contribution in [3.05, 3.63) is 57.7 Å².